The molecule has 1 rings (SSSR count). The Hall–Kier alpha value is -1.39. The highest BCUT2D eigenvalue weighted by Gasteiger charge is 2.34. The number of aliphatic hydroxyl groups is 1. The summed E-state index contributed by atoms with van der Waals surface area (Å²) in [5, 5.41) is 9.91. The van der Waals surface area contributed by atoms with E-state index in [1.165, 1.54) is 26.4 Å². The van der Waals surface area contributed by atoms with Gasteiger partial charge in [-0.05, 0) is 38.5 Å². The van der Waals surface area contributed by atoms with E-state index in [-0.39, 0.29) is 18.2 Å². The summed E-state index contributed by atoms with van der Waals surface area (Å²) in [6.45, 7) is 2.22. The van der Waals surface area contributed by atoms with E-state index in [0.29, 0.717) is 12.8 Å². The largest absolute Gasteiger partial charge is 0.469 e. The van der Waals surface area contributed by atoms with Crippen LogP contribution >= 0.6 is 0 Å². The zero-order valence-electron chi connectivity index (χ0n) is 15.7. The van der Waals surface area contributed by atoms with Gasteiger partial charge in [-0.25, -0.2) is 0 Å². The number of allylic oxidation sites excluding steroid dienone is 2. The van der Waals surface area contributed by atoms with Gasteiger partial charge in [0.15, 0.2) is 0 Å². The molecule has 1 N–H and O–H groups in total. The third-order valence-corrected chi connectivity index (χ3v) is 4.18. The zero-order valence-corrected chi connectivity index (χ0v) is 15.7. The van der Waals surface area contributed by atoms with Crippen molar-refractivity contribution in [3.63, 3.8) is 0 Å². The summed E-state index contributed by atoms with van der Waals surface area (Å²) >= 11 is 0. The third kappa shape index (κ3) is 11.7. The summed E-state index contributed by atoms with van der Waals surface area (Å²) in [6, 6.07) is 0. The van der Waals surface area contributed by atoms with Crippen LogP contribution in [0.5, 0.6) is 0 Å². The maximum atomic E-state index is 10.9. The topological polar surface area (TPSA) is 59.1 Å². The minimum Gasteiger partial charge on any atom is -0.469 e. The highest BCUT2D eigenvalue weighted by Crippen LogP contribution is 2.27. The van der Waals surface area contributed by atoms with Crippen LogP contribution in [-0.4, -0.2) is 36.5 Å². The van der Waals surface area contributed by atoms with Crippen LogP contribution in [0.2, 0.25) is 0 Å². The Balaban J connectivity index is 2.03. The zero-order chi connectivity index (χ0) is 18.3. The van der Waals surface area contributed by atoms with Crippen molar-refractivity contribution in [3.8, 4) is 0 Å². The average molecular weight is 350 g/mol. The van der Waals surface area contributed by atoms with Gasteiger partial charge in [0.25, 0.3) is 0 Å². The number of hydrogen-bond acceptors (Lipinski definition) is 4. The number of esters is 1. The van der Waals surface area contributed by atoms with E-state index in [9.17, 15) is 9.90 Å². The first-order chi connectivity index (χ1) is 12.2. The van der Waals surface area contributed by atoms with Crippen molar-refractivity contribution in [2.45, 2.75) is 83.0 Å². The Kier molecular flexibility index (Phi) is 12.0. The number of hydrogen-bond donors (Lipinski definition) is 1. The lowest BCUT2D eigenvalue weighted by atomic mass is 10.1. The second-order valence-corrected chi connectivity index (χ2v) is 6.47. The van der Waals surface area contributed by atoms with Crippen molar-refractivity contribution < 1.29 is 19.4 Å². The molecule has 0 amide bonds. The van der Waals surface area contributed by atoms with Crippen molar-refractivity contribution in [3.05, 3.63) is 36.5 Å². The standard InChI is InChI=1S/C21H34O4/c1-3-4-5-6-7-11-14-19-20(25-19)17-16-18(22)13-10-8-9-12-15-21(23)24-2/h7-8,10-11,16-20,22H,3-6,9,12-15H2,1-2H3/b10-8+,11-7+,17-16+. The maximum Gasteiger partial charge on any atom is 0.305 e. The monoisotopic (exact) mass is 350 g/mol. The predicted molar refractivity (Wildman–Crippen MR) is 101 cm³/mol. The number of methoxy groups -OCH3 is 1. The maximum absolute atomic E-state index is 10.9. The molecule has 0 spiro atoms. The fourth-order valence-electron chi connectivity index (χ4n) is 2.51. The number of carbonyl (C=O) groups excluding carboxylic acids is 1. The molecule has 142 valence electrons. The highest BCUT2D eigenvalue weighted by atomic mass is 16.6. The Bertz CT molecular complexity index is 439. The number of unbranched alkanes of at least 4 members (excludes halogenated alkanes) is 4. The molecular formula is C21H34O4. The normalized spacial score (nSPS) is 21.4. The molecule has 0 radical (unpaired) electrons. The molecule has 1 fully saturated rings. The lowest BCUT2D eigenvalue weighted by Crippen LogP contribution is -2.01. The van der Waals surface area contributed by atoms with E-state index >= 15 is 0 Å². The minimum atomic E-state index is -0.480. The van der Waals surface area contributed by atoms with E-state index in [1.54, 1.807) is 0 Å². The van der Waals surface area contributed by atoms with Gasteiger partial charge in [-0.2, -0.15) is 0 Å². The highest BCUT2D eigenvalue weighted by molar-refractivity contribution is 5.69. The Morgan fingerprint density at radius 1 is 1.16 bits per heavy atom. The average Bonchev–Trinajstić information content (AvgIpc) is 3.37. The molecule has 3 unspecified atom stereocenters. The number of ether oxygens (including phenoxy) is 2. The van der Waals surface area contributed by atoms with Crippen molar-refractivity contribution >= 4 is 5.97 Å². The van der Waals surface area contributed by atoms with Crippen LogP contribution in [0, 0.1) is 0 Å². The Morgan fingerprint density at radius 2 is 1.92 bits per heavy atom. The quantitative estimate of drug-likeness (QED) is 0.217. The summed E-state index contributed by atoms with van der Waals surface area (Å²) in [5.41, 5.74) is 0. The molecule has 1 saturated heterocycles. The van der Waals surface area contributed by atoms with Gasteiger partial charge in [-0.1, -0.05) is 56.2 Å². The molecule has 4 heteroatoms. The van der Waals surface area contributed by atoms with Gasteiger partial charge in [-0.15, -0.1) is 0 Å². The summed E-state index contributed by atoms with van der Waals surface area (Å²) in [6.07, 6.45) is 20.7. The SMILES string of the molecule is CCCCC/C=C/CC1OC1/C=C/C(O)C/C=C/CCCC(=O)OC. The van der Waals surface area contributed by atoms with Crippen LogP contribution in [0.4, 0.5) is 0 Å². The van der Waals surface area contributed by atoms with Crippen LogP contribution in [0.1, 0.15) is 64.7 Å². The summed E-state index contributed by atoms with van der Waals surface area (Å²) in [7, 11) is 1.40. The smallest absolute Gasteiger partial charge is 0.305 e. The van der Waals surface area contributed by atoms with E-state index in [4.69, 9.17) is 4.74 Å². The van der Waals surface area contributed by atoms with E-state index in [0.717, 1.165) is 25.7 Å². The molecule has 4 nitrogen and oxygen atoms in total. The first-order valence-electron chi connectivity index (χ1n) is 9.56. The molecule has 25 heavy (non-hydrogen) atoms. The number of epoxide rings is 1. The van der Waals surface area contributed by atoms with E-state index < -0.39 is 6.10 Å². The van der Waals surface area contributed by atoms with Crippen LogP contribution in [0.3, 0.4) is 0 Å². The first kappa shape index (κ1) is 21.7. The molecular weight excluding hydrogens is 316 g/mol. The summed E-state index contributed by atoms with van der Waals surface area (Å²) in [5.74, 6) is -0.175. The first-order valence-corrected chi connectivity index (χ1v) is 9.56. The molecule has 0 saturated carbocycles. The molecule has 0 aromatic heterocycles. The number of aliphatic hydroxyl groups excluding tert-OH is 1. The van der Waals surface area contributed by atoms with Gasteiger partial charge < -0.3 is 14.6 Å². The van der Waals surface area contributed by atoms with Crippen LogP contribution in [-0.2, 0) is 14.3 Å². The van der Waals surface area contributed by atoms with Gasteiger partial charge in [0, 0.05) is 6.42 Å². The fourth-order valence-corrected chi connectivity index (χ4v) is 2.51. The van der Waals surface area contributed by atoms with Crippen molar-refractivity contribution in [1.82, 2.24) is 0 Å². The third-order valence-electron chi connectivity index (χ3n) is 4.18. The molecule has 0 aliphatic carbocycles. The summed E-state index contributed by atoms with van der Waals surface area (Å²) in [4.78, 5) is 10.9. The number of carbonyl (C=O) groups is 1. The fraction of sp³-hybridized carbons (Fsp3) is 0.667. The van der Waals surface area contributed by atoms with Crippen molar-refractivity contribution in [2.75, 3.05) is 7.11 Å². The van der Waals surface area contributed by atoms with Crippen LogP contribution in [0.25, 0.3) is 0 Å². The van der Waals surface area contributed by atoms with E-state index in [2.05, 4.69) is 23.8 Å². The lowest BCUT2D eigenvalue weighted by molar-refractivity contribution is -0.140. The molecule has 0 aromatic rings. The van der Waals surface area contributed by atoms with Gasteiger partial charge in [-0.3, -0.25) is 4.79 Å². The minimum absolute atomic E-state index is 0.152. The molecule has 1 aliphatic heterocycles. The van der Waals surface area contributed by atoms with Crippen molar-refractivity contribution in [1.29, 1.82) is 0 Å². The molecule has 3 atom stereocenters. The van der Waals surface area contributed by atoms with Gasteiger partial charge >= 0.3 is 5.97 Å². The van der Waals surface area contributed by atoms with Crippen molar-refractivity contribution in [2.24, 2.45) is 0 Å². The van der Waals surface area contributed by atoms with Gasteiger partial charge in [0.1, 0.15) is 6.10 Å². The molecule has 0 aromatic carbocycles. The Labute approximate surface area is 152 Å². The molecule has 1 heterocycles. The second-order valence-electron chi connectivity index (χ2n) is 6.47. The molecule has 1 aliphatic rings. The second kappa shape index (κ2) is 13.9. The summed E-state index contributed by atoms with van der Waals surface area (Å²) < 4.78 is 10.2. The predicted octanol–water partition coefficient (Wildman–Crippen LogP) is 4.49. The lowest BCUT2D eigenvalue weighted by Gasteiger charge is -2.00. The molecule has 0 bridgehead atoms. The van der Waals surface area contributed by atoms with E-state index in [1.807, 2.05) is 24.3 Å². The number of rotatable bonds is 14. The van der Waals surface area contributed by atoms with Gasteiger partial charge in [0.2, 0.25) is 0 Å². The van der Waals surface area contributed by atoms with Crippen LogP contribution < -0.4 is 0 Å². The Morgan fingerprint density at radius 3 is 2.68 bits per heavy atom. The van der Waals surface area contributed by atoms with Crippen LogP contribution in [0.15, 0.2) is 36.5 Å². The van der Waals surface area contributed by atoms with Gasteiger partial charge in [0.05, 0.1) is 19.3 Å².